The van der Waals surface area contributed by atoms with Gasteiger partial charge in [-0.1, -0.05) is 13.8 Å². The molecule has 0 saturated heterocycles. The molecule has 0 fully saturated rings. The number of carboxylic acids is 1. The van der Waals surface area contributed by atoms with Crippen LogP contribution in [-0.2, 0) is 14.9 Å². The Balaban J connectivity index is 0. The zero-order valence-corrected chi connectivity index (χ0v) is 6.55. The number of rotatable bonds is 2. The fourth-order valence-corrected chi connectivity index (χ4v) is 0.468. The second kappa shape index (κ2) is 5.19. The van der Waals surface area contributed by atoms with Gasteiger partial charge in [0.1, 0.15) is 0 Å². The van der Waals surface area contributed by atoms with Crippen LogP contribution >= 0.6 is 0 Å². The third kappa shape index (κ3) is 15.7. The molecule has 0 aliphatic heterocycles. The molecule has 0 atom stereocenters. The minimum Gasteiger partial charge on any atom is -0.480 e. The highest BCUT2D eigenvalue weighted by atomic mass is 32.2. The van der Waals surface area contributed by atoms with Crippen LogP contribution in [0.1, 0.15) is 13.8 Å². The fourth-order valence-electron chi connectivity index (χ4n) is 0.156. The molecule has 0 unspecified atom stereocenters. The van der Waals surface area contributed by atoms with Crippen LogP contribution in [0, 0.1) is 0 Å². The van der Waals surface area contributed by atoms with Gasteiger partial charge < -0.3 is 5.11 Å². The number of hydrogen-bond donors (Lipinski definition) is 2. The van der Waals surface area contributed by atoms with Gasteiger partial charge >= 0.3 is 5.97 Å². The molecule has 0 aromatic carbocycles. The minimum atomic E-state index is -4.32. The Morgan fingerprint density at radius 1 is 1.40 bits per heavy atom. The first kappa shape index (κ1) is 12.1. The van der Waals surface area contributed by atoms with Crippen LogP contribution in [0.25, 0.3) is 0 Å². The molecule has 10 heavy (non-hydrogen) atoms. The lowest BCUT2D eigenvalue weighted by Crippen LogP contribution is -2.13. The van der Waals surface area contributed by atoms with Gasteiger partial charge in [-0.05, 0) is 0 Å². The Kier molecular flexibility index (Phi) is 6.27. The molecule has 0 bridgehead atoms. The van der Waals surface area contributed by atoms with E-state index in [1.807, 2.05) is 13.8 Å². The zero-order valence-electron chi connectivity index (χ0n) is 5.73. The Hall–Kier alpha value is -0.620. The van der Waals surface area contributed by atoms with E-state index in [1.54, 1.807) is 0 Å². The van der Waals surface area contributed by atoms with Gasteiger partial charge in [0.2, 0.25) is 0 Å². The molecule has 0 radical (unpaired) electrons. The standard InChI is InChI=1S/C2H4O5S.C2H6/c3-2(4)1-8(5,6)7;1-2/h1H2,(H,3,4)(H,5,6,7);1-2H3. The predicted octanol–water partition coefficient (Wildman–Crippen LogP) is -0.0150. The molecule has 6 heteroatoms. The van der Waals surface area contributed by atoms with Gasteiger partial charge in [-0.15, -0.1) is 0 Å². The third-order valence-electron chi connectivity index (χ3n) is 0.306. The Morgan fingerprint density at radius 3 is 1.70 bits per heavy atom. The van der Waals surface area contributed by atoms with E-state index < -0.39 is 21.8 Å². The van der Waals surface area contributed by atoms with Crippen LogP contribution in [0.2, 0.25) is 0 Å². The van der Waals surface area contributed by atoms with Crippen molar-refractivity contribution in [3.05, 3.63) is 0 Å². The number of aliphatic carboxylic acids is 1. The van der Waals surface area contributed by atoms with Crippen molar-refractivity contribution in [3.63, 3.8) is 0 Å². The minimum absolute atomic E-state index is 1.23. The van der Waals surface area contributed by atoms with Crippen LogP contribution in [0.15, 0.2) is 0 Å². The maximum Gasteiger partial charge on any atom is 0.321 e. The van der Waals surface area contributed by atoms with Crippen molar-refractivity contribution in [2.45, 2.75) is 13.8 Å². The highest BCUT2D eigenvalue weighted by Gasteiger charge is 2.09. The molecule has 0 heterocycles. The molecular formula is C4H10O5S. The van der Waals surface area contributed by atoms with Gasteiger partial charge in [-0.25, -0.2) is 0 Å². The smallest absolute Gasteiger partial charge is 0.321 e. The second-order valence-corrected chi connectivity index (χ2v) is 2.57. The van der Waals surface area contributed by atoms with Gasteiger partial charge in [0.05, 0.1) is 0 Å². The first-order chi connectivity index (χ1) is 4.42. The topological polar surface area (TPSA) is 91.7 Å². The molecule has 0 rings (SSSR count). The maximum absolute atomic E-state index is 9.62. The van der Waals surface area contributed by atoms with E-state index >= 15 is 0 Å². The summed E-state index contributed by atoms with van der Waals surface area (Å²) in [4.78, 5) is 9.48. The highest BCUT2D eigenvalue weighted by Crippen LogP contribution is 1.78. The summed E-state index contributed by atoms with van der Waals surface area (Å²) in [6.07, 6.45) is 0. The monoisotopic (exact) mass is 170 g/mol. The van der Waals surface area contributed by atoms with Crippen LogP contribution in [0.5, 0.6) is 0 Å². The Morgan fingerprint density at radius 2 is 1.70 bits per heavy atom. The normalized spacial score (nSPS) is 9.50. The molecule has 62 valence electrons. The van der Waals surface area contributed by atoms with E-state index in [0.29, 0.717) is 0 Å². The first-order valence-corrected chi connectivity index (χ1v) is 4.20. The van der Waals surface area contributed by atoms with Crippen LogP contribution in [0.4, 0.5) is 0 Å². The number of carbonyl (C=O) groups is 1. The lowest BCUT2D eigenvalue weighted by atomic mass is 10.8. The van der Waals surface area contributed by atoms with Crippen molar-refractivity contribution in [2.75, 3.05) is 5.75 Å². The van der Waals surface area contributed by atoms with E-state index in [0.717, 1.165) is 0 Å². The van der Waals surface area contributed by atoms with Crippen molar-refractivity contribution in [1.29, 1.82) is 0 Å². The summed E-state index contributed by atoms with van der Waals surface area (Å²) >= 11 is 0. The van der Waals surface area contributed by atoms with Gasteiger partial charge in [-0.3, -0.25) is 9.35 Å². The summed E-state index contributed by atoms with van der Waals surface area (Å²) in [5.74, 6) is -2.79. The SMILES string of the molecule is CC.O=C(O)CS(=O)(=O)O. The van der Waals surface area contributed by atoms with Crippen LogP contribution in [0.3, 0.4) is 0 Å². The average Bonchev–Trinajstić information content (AvgIpc) is 1.64. The molecule has 2 N–H and O–H groups in total. The summed E-state index contributed by atoms with van der Waals surface area (Å²) in [7, 11) is -4.32. The third-order valence-corrected chi connectivity index (χ3v) is 0.918. The van der Waals surface area contributed by atoms with E-state index in [1.165, 1.54) is 0 Å². The summed E-state index contributed by atoms with van der Waals surface area (Å²) in [5.41, 5.74) is 0. The largest absolute Gasteiger partial charge is 0.480 e. The molecule has 0 amide bonds. The van der Waals surface area contributed by atoms with E-state index in [9.17, 15) is 13.2 Å². The molecule has 0 aromatic rings. The Bertz CT molecular complexity index is 180. The fraction of sp³-hybridized carbons (Fsp3) is 0.750. The molecule has 0 aliphatic rings. The van der Waals surface area contributed by atoms with Crippen LogP contribution < -0.4 is 0 Å². The van der Waals surface area contributed by atoms with Crippen molar-refractivity contribution < 1.29 is 22.9 Å². The lowest BCUT2D eigenvalue weighted by Gasteiger charge is -1.85. The summed E-state index contributed by atoms with van der Waals surface area (Å²) in [6.45, 7) is 4.00. The zero-order chi connectivity index (χ0) is 8.78. The van der Waals surface area contributed by atoms with E-state index in [4.69, 9.17) is 9.66 Å². The van der Waals surface area contributed by atoms with Crippen molar-refractivity contribution in [2.24, 2.45) is 0 Å². The van der Waals surface area contributed by atoms with Crippen molar-refractivity contribution >= 4 is 16.1 Å². The molecular weight excluding hydrogens is 160 g/mol. The number of hydrogen-bond acceptors (Lipinski definition) is 3. The van der Waals surface area contributed by atoms with Crippen molar-refractivity contribution in [3.8, 4) is 0 Å². The molecule has 0 aromatic heterocycles. The molecule has 0 aliphatic carbocycles. The summed E-state index contributed by atoms with van der Waals surface area (Å²) < 4.78 is 27.0. The van der Waals surface area contributed by atoms with E-state index in [-0.39, 0.29) is 0 Å². The van der Waals surface area contributed by atoms with Gasteiger partial charge in [0.25, 0.3) is 10.1 Å². The Labute approximate surface area is 59.4 Å². The lowest BCUT2D eigenvalue weighted by molar-refractivity contribution is -0.134. The number of carboxylic acid groups (broad SMARTS) is 1. The predicted molar refractivity (Wildman–Crippen MR) is 35.4 cm³/mol. The van der Waals surface area contributed by atoms with Crippen LogP contribution in [-0.4, -0.2) is 29.8 Å². The first-order valence-electron chi connectivity index (χ1n) is 2.59. The summed E-state index contributed by atoms with van der Waals surface area (Å²) in [6, 6.07) is 0. The van der Waals surface area contributed by atoms with Gasteiger partial charge in [0, 0.05) is 0 Å². The second-order valence-electron chi connectivity index (χ2n) is 1.12. The van der Waals surface area contributed by atoms with Crippen molar-refractivity contribution in [1.82, 2.24) is 0 Å². The summed E-state index contributed by atoms with van der Waals surface area (Å²) in [5, 5.41) is 7.71. The average molecular weight is 170 g/mol. The molecule has 5 nitrogen and oxygen atoms in total. The quantitative estimate of drug-likeness (QED) is 0.568. The molecule has 0 saturated carbocycles. The van der Waals surface area contributed by atoms with E-state index in [2.05, 4.69) is 0 Å². The van der Waals surface area contributed by atoms with Gasteiger partial charge in [0.15, 0.2) is 5.75 Å². The maximum atomic E-state index is 9.62. The molecule has 0 spiro atoms. The van der Waals surface area contributed by atoms with Gasteiger partial charge in [-0.2, -0.15) is 8.42 Å². The highest BCUT2D eigenvalue weighted by molar-refractivity contribution is 7.86.